The fourth-order valence-corrected chi connectivity index (χ4v) is 3.21. The summed E-state index contributed by atoms with van der Waals surface area (Å²) < 4.78 is 20.6. The fraction of sp³-hybridized carbons (Fsp3) is 0.381. The maximum atomic E-state index is 13.9. The van der Waals surface area contributed by atoms with Crippen LogP contribution >= 0.6 is 0 Å². The lowest BCUT2D eigenvalue weighted by molar-refractivity contribution is 0.0514. The third-order valence-electron chi connectivity index (χ3n) is 5.03. The van der Waals surface area contributed by atoms with Crippen molar-refractivity contribution in [2.24, 2.45) is 7.05 Å². The normalized spacial score (nSPS) is 11.8. The molecular formula is C21H25FN2O4. The number of hydrogen-bond acceptors (Lipinski definition) is 4. The van der Waals surface area contributed by atoms with Gasteiger partial charge in [-0.15, -0.1) is 0 Å². The van der Waals surface area contributed by atoms with Crippen LogP contribution in [-0.2, 0) is 11.8 Å². The molecule has 1 aromatic heterocycles. The molecule has 6 nitrogen and oxygen atoms in total. The topological polar surface area (TPSA) is 68.6 Å². The van der Waals surface area contributed by atoms with Gasteiger partial charge in [-0.3, -0.25) is 9.59 Å². The number of ether oxygens (including phenoxy) is 1. The Hall–Kier alpha value is -2.96. The van der Waals surface area contributed by atoms with Crippen LogP contribution in [0.5, 0.6) is 0 Å². The summed E-state index contributed by atoms with van der Waals surface area (Å²) in [5, 5.41) is 0. The second-order valence-electron chi connectivity index (χ2n) is 6.65. The van der Waals surface area contributed by atoms with Gasteiger partial charge in [0.15, 0.2) is 5.78 Å². The van der Waals surface area contributed by atoms with Crippen LogP contribution < -0.4 is 0 Å². The van der Waals surface area contributed by atoms with Crippen molar-refractivity contribution >= 4 is 17.7 Å². The number of Topliss-reactive ketones (excluding diaryl/α,β-unsaturated/α-hetero) is 1. The van der Waals surface area contributed by atoms with E-state index in [2.05, 4.69) is 0 Å². The third kappa shape index (κ3) is 3.69. The molecular weight excluding hydrogens is 363 g/mol. The molecule has 150 valence electrons. The first-order chi connectivity index (χ1) is 13.1. The van der Waals surface area contributed by atoms with Gasteiger partial charge in [0.2, 0.25) is 0 Å². The van der Waals surface area contributed by atoms with Crippen LogP contribution in [0.1, 0.15) is 56.3 Å². The van der Waals surface area contributed by atoms with E-state index in [1.807, 2.05) is 0 Å². The summed E-state index contributed by atoms with van der Waals surface area (Å²) >= 11 is 0. The highest BCUT2D eigenvalue weighted by Crippen LogP contribution is 2.25. The third-order valence-corrected chi connectivity index (χ3v) is 5.03. The molecule has 0 fully saturated rings. The number of halogens is 1. The number of hydrogen-bond donors (Lipinski definition) is 0. The van der Waals surface area contributed by atoms with E-state index in [1.165, 1.54) is 30.1 Å². The molecule has 1 heterocycles. The number of esters is 1. The Labute approximate surface area is 163 Å². The van der Waals surface area contributed by atoms with Gasteiger partial charge < -0.3 is 14.2 Å². The lowest BCUT2D eigenvalue weighted by Gasteiger charge is -2.24. The van der Waals surface area contributed by atoms with E-state index in [0.717, 1.165) is 0 Å². The van der Waals surface area contributed by atoms with Gasteiger partial charge in [0, 0.05) is 25.4 Å². The number of carbonyl (C=O) groups excluding carboxylic acids is 3. The summed E-state index contributed by atoms with van der Waals surface area (Å²) in [7, 11) is 3.14. The molecule has 7 heteroatoms. The lowest BCUT2D eigenvalue weighted by Crippen LogP contribution is -2.41. The predicted molar refractivity (Wildman–Crippen MR) is 103 cm³/mol. The van der Waals surface area contributed by atoms with Crippen molar-refractivity contribution < 1.29 is 23.5 Å². The quantitative estimate of drug-likeness (QED) is 0.562. The minimum atomic E-state index is -0.845. The molecule has 0 aliphatic carbocycles. The van der Waals surface area contributed by atoms with E-state index in [-0.39, 0.29) is 18.0 Å². The predicted octanol–water partition coefficient (Wildman–Crippen LogP) is 3.30. The van der Waals surface area contributed by atoms with Crippen LogP contribution in [0.15, 0.2) is 24.3 Å². The second kappa shape index (κ2) is 8.37. The molecule has 0 bridgehead atoms. The smallest absolute Gasteiger partial charge is 0.355 e. The van der Waals surface area contributed by atoms with Crippen LogP contribution in [0.25, 0.3) is 0 Å². The summed E-state index contributed by atoms with van der Waals surface area (Å²) in [6.45, 7) is 6.92. The summed E-state index contributed by atoms with van der Waals surface area (Å²) in [5.74, 6) is -2.06. The van der Waals surface area contributed by atoms with Gasteiger partial charge in [0.25, 0.3) is 5.91 Å². The number of rotatable bonds is 6. The van der Waals surface area contributed by atoms with Crippen LogP contribution in [0.2, 0.25) is 0 Å². The van der Waals surface area contributed by atoms with Gasteiger partial charge in [-0.1, -0.05) is 12.1 Å². The number of aromatic nitrogens is 1. The SMILES string of the molecule is CCOC(=O)c1c(C)c(C(=O)[C@H](C)N(C)C(=O)c2ccccc2F)c(C)n1C. The first-order valence-corrected chi connectivity index (χ1v) is 9.02. The van der Waals surface area contributed by atoms with Crippen molar-refractivity contribution in [2.45, 2.75) is 33.7 Å². The zero-order valence-electron chi connectivity index (χ0n) is 17.0. The first-order valence-electron chi connectivity index (χ1n) is 9.02. The van der Waals surface area contributed by atoms with Gasteiger partial charge in [0.1, 0.15) is 11.5 Å². The van der Waals surface area contributed by atoms with E-state index in [4.69, 9.17) is 4.74 Å². The van der Waals surface area contributed by atoms with E-state index in [9.17, 15) is 18.8 Å². The molecule has 1 atom stereocenters. The van der Waals surface area contributed by atoms with Crippen molar-refractivity contribution in [3.63, 3.8) is 0 Å². The Bertz CT molecular complexity index is 933. The molecule has 1 aromatic carbocycles. The molecule has 0 spiro atoms. The maximum Gasteiger partial charge on any atom is 0.355 e. The molecule has 0 unspecified atom stereocenters. The molecule has 0 N–H and O–H groups in total. The van der Waals surface area contributed by atoms with Gasteiger partial charge in [-0.2, -0.15) is 0 Å². The van der Waals surface area contributed by atoms with Crippen molar-refractivity contribution in [1.82, 2.24) is 9.47 Å². The molecule has 0 saturated carbocycles. The monoisotopic (exact) mass is 388 g/mol. The molecule has 1 amide bonds. The van der Waals surface area contributed by atoms with Crippen LogP contribution in [-0.4, -0.2) is 46.8 Å². The number of benzene rings is 1. The Morgan fingerprint density at radius 2 is 1.82 bits per heavy atom. The van der Waals surface area contributed by atoms with E-state index >= 15 is 0 Å². The zero-order chi connectivity index (χ0) is 21.2. The molecule has 0 aliphatic heterocycles. The Balaban J connectivity index is 2.38. The molecule has 0 radical (unpaired) electrons. The molecule has 0 saturated heterocycles. The van der Waals surface area contributed by atoms with Gasteiger partial charge >= 0.3 is 5.97 Å². The number of nitrogens with zero attached hydrogens (tertiary/aromatic N) is 2. The van der Waals surface area contributed by atoms with E-state index in [0.29, 0.717) is 22.5 Å². The van der Waals surface area contributed by atoms with Crippen LogP contribution in [0, 0.1) is 19.7 Å². The number of ketones is 1. The second-order valence-corrected chi connectivity index (χ2v) is 6.65. The van der Waals surface area contributed by atoms with Gasteiger partial charge in [0.05, 0.1) is 18.2 Å². The summed E-state index contributed by atoms with van der Waals surface area (Å²) in [4.78, 5) is 39.2. The first kappa shape index (κ1) is 21.3. The number of carbonyl (C=O) groups is 3. The Morgan fingerprint density at radius 3 is 2.39 bits per heavy atom. The Morgan fingerprint density at radius 1 is 1.21 bits per heavy atom. The standard InChI is InChI=1S/C21H25FN2O4/c1-7-28-21(27)18-12(2)17(13(3)23(18)5)19(25)14(4)24(6)20(26)15-10-8-9-11-16(15)22/h8-11,14H,7H2,1-6H3/t14-/m0/s1. The van der Waals surface area contributed by atoms with E-state index < -0.39 is 23.7 Å². The minimum Gasteiger partial charge on any atom is -0.461 e. The fourth-order valence-electron chi connectivity index (χ4n) is 3.21. The summed E-state index contributed by atoms with van der Waals surface area (Å²) in [6, 6.07) is 4.79. The lowest BCUT2D eigenvalue weighted by atomic mass is 9.99. The highest BCUT2D eigenvalue weighted by Gasteiger charge is 2.31. The minimum absolute atomic E-state index is 0.0987. The molecule has 2 aromatic rings. The Kier molecular flexibility index (Phi) is 6.38. The van der Waals surface area contributed by atoms with Crippen molar-refractivity contribution in [1.29, 1.82) is 0 Å². The number of amides is 1. The average molecular weight is 388 g/mol. The maximum absolute atomic E-state index is 13.9. The van der Waals surface area contributed by atoms with Crippen LogP contribution in [0.4, 0.5) is 4.39 Å². The zero-order valence-corrected chi connectivity index (χ0v) is 17.0. The van der Waals surface area contributed by atoms with Crippen molar-refractivity contribution in [2.75, 3.05) is 13.7 Å². The highest BCUT2D eigenvalue weighted by atomic mass is 19.1. The van der Waals surface area contributed by atoms with E-state index in [1.54, 1.807) is 45.4 Å². The summed E-state index contributed by atoms with van der Waals surface area (Å²) in [6.07, 6.45) is 0. The summed E-state index contributed by atoms with van der Waals surface area (Å²) in [5.41, 5.74) is 1.67. The van der Waals surface area contributed by atoms with Gasteiger partial charge in [-0.25, -0.2) is 9.18 Å². The number of likely N-dealkylation sites (N-methyl/N-ethyl adjacent to an activating group) is 1. The average Bonchev–Trinajstić information content (AvgIpc) is 2.88. The van der Waals surface area contributed by atoms with Crippen molar-refractivity contribution in [3.8, 4) is 0 Å². The van der Waals surface area contributed by atoms with Crippen molar-refractivity contribution in [3.05, 3.63) is 58.2 Å². The largest absolute Gasteiger partial charge is 0.461 e. The molecule has 28 heavy (non-hydrogen) atoms. The highest BCUT2D eigenvalue weighted by molar-refractivity contribution is 6.07. The molecule has 2 rings (SSSR count). The van der Waals surface area contributed by atoms with Gasteiger partial charge in [-0.05, 0) is 45.4 Å². The van der Waals surface area contributed by atoms with Crippen LogP contribution in [0.3, 0.4) is 0 Å². The molecule has 0 aliphatic rings.